The Morgan fingerprint density at radius 2 is 2.26 bits per heavy atom. The smallest absolute Gasteiger partial charge is 0.207 e. The van der Waals surface area contributed by atoms with Crippen molar-refractivity contribution in [1.82, 2.24) is 10.3 Å². The molecule has 3 heterocycles. The summed E-state index contributed by atoms with van der Waals surface area (Å²) in [5.74, 6) is 0.121. The molecule has 2 aromatic rings. The molecular formula is C21H23N3O3. The van der Waals surface area contributed by atoms with E-state index >= 15 is 0 Å². The Morgan fingerprint density at radius 1 is 1.30 bits per heavy atom. The van der Waals surface area contributed by atoms with Crippen LogP contribution in [0.5, 0.6) is 0 Å². The fraction of sp³-hybridized carbons (Fsp3) is 0.333. The van der Waals surface area contributed by atoms with Crippen molar-refractivity contribution in [3.05, 3.63) is 59.9 Å². The summed E-state index contributed by atoms with van der Waals surface area (Å²) < 4.78 is 16.4. The highest BCUT2D eigenvalue weighted by Gasteiger charge is 2.17. The molecule has 1 saturated heterocycles. The molecule has 0 radical (unpaired) electrons. The van der Waals surface area contributed by atoms with Gasteiger partial charge >= 0.3 is 0 Å². The lowest BCUT2D eigenvalue weighted by Gasteiger charge is -2.24. The molecule has 0 spiro atoms. The number of nitrogens with one attached hydrogen (secondary N) is 2. The standard InChI is InChI=1S/C21H23N3O3/c22-21(27-14-18-13-25-8-9-26-18)11-20-19-4-3-15(10-16(19)5-7-24-20)17-2-1-6-23-12-17/h1-4,6,10-12,18,22,24H,5,7-9,13-14H2/b20-11-,22-21?. The second kappa shape index (κ2) is 8.33. The Balaban J connectivity index is 1.47. The zero-order chi connectivity index (χ0) is 18.5. The molecule has 1 fully saturated rings. The molecule has 2 N–H and O–H groups in total. The van der Waals surface area contributed by atoms with Crippen LogP contribution in [0.1, 0.15) is 11.1 Å². The fourth-order valence-electron chi connectivity index (χ4n) is 3.32. The molecular weight excluding hydrogens is 342 g/mol. The molecule has 6 heteroatoms. The lowest BCUT2D eigenvalue weighted by molar-refractivity contribution is -0.103. The first-order valence-corrected chi connectivity index (χ1v) is 9.19. The number of rotatable bonds is 4. The monoisotopic (exact) mass is 365 g/mol. The first-order chi connectivity index (χ1) is 13.3. The summed E-state index contributed by atoms with van der Waals surface area (Å²) in [6, 6.07) is 10.4. The van der Waals surface area contributed by atoms with Gasteiger partial charge in [0.05, 0.1) is 19.8 Å². The van der Waals surface area contributed by atoms with Crippen LogP contribution < -0.4 is 5.32 Å². The predicted molar refractivity (Wildman–Crippen MR) is 104 cm³/mol. The third-order valence-electron chi connectivity index (χ3n) is 4.69. The summed E-state index contributed by atoms with van der Waals surface area (Å²) in [5.41, 5.74) is 5.55. The molecule has 2 aliphatic heterocycles. The largest absolute Gasteiger partial charge is 0.475 e. The van der Waals surface area contributed by atoms with Crippen molar-refractivity contribution in [2.45, 2.75) is 12.5 Å². The Bertz CT molecular complexity index is 830. The van der Waals surface area contributed by atoms with Crippen LogP contribution in [0.25, 0.3) is 16.8 Å². The first kappa shape index (κ1) is 17.7. The first-order valence-electron chi connectivity index (χ1n) is 9.19. The van der Waals surface area contributed by atoms with Crippen LogP contribution >= 0.6 is 0 Å². The third kappa shape index (κ3) is 4.35. The molecule has 1 aromatic carbocycles. The molecule has 1 unspecified atom stereocenters. The molecule has 1 atom stereocenters. The Hall–Kier alpha value is -2.70. The van der Waals surface area contributed by atoms with Gasteiger partial charge < -0.3 is 19.5 Å². The van der Waals surface area contributed by atoms with Crippen molar-refractivity contribution in [2.75, 3.05) is 33.0 Å². The molecule has 27 heavy (non-hydrogen) atoms. The van der Waals surface area contributed by atoms with E-state index in [4.69, 9.17) is 19.6 Å². The van der Waals surface area contributed by atoms with Gasteiger partial charge in [-0.05, 0) is 29.2 Å². The normalized spacial score (nSPS) is 20.6. The summed E-state index contributed by atoms with van der Waals surface area (Å²) in [5, 5.41) is 11.5. The quantitative estimate of drug-likeness (QED) is 0.643. The van der Waals surface area contributed by atoms with Gasteiger partial charge in [0.2, 0.25) is 5.90 Å². The Morgan fingerprint density at radius 3 is 3.07 bits per heavy atom. The Labute approximate surface area is 158 Å². The lowest BCUT2D eigenvalue weighted by atomic mass is 9.93. The van der Waals surface area contributed by atoms with Gasteiger partial charge in [-0.2, -0.15) is 0 Å². The molecule has 140 valence electrons. The highest BCUT2D eigenvalue weighted by Crippen LogP contribution is 2.27. The predicted octanol–water partition coefficient (Wildman–Crippen LogP) is 2.64. The van der Waals surface area contributed by atoms with E-state index in [2.05, 4.69) is 34.6 Å². The number of benzene rings is 1. The summed E-state index contributed by atoms with van der Waals surface area (Å²) in [4.78, 5) is 4.20. The maximum atomic E-state index is 8.12. The second-order valence-electron chi connectivity index (χ2n) is 6.59. The Kier molecular flexibility index (Phi) is 5.46. The summed E-state index contributed by atoms with van der Waals surface area (Å²) in [7, 11) is 0. The minimum Gasteiger partial charge on any atom is -0.475 e. The van der Waals surface area contributed by atoms with Crippen LogP contribution in [-0.2, 0) is 20.6 Å². The molecule has 0 amide bonds. The highest BCUT2D eigenvalue weighted by atomic mass is 16.6. The van der Waals surface area contributed by atoms with E-state index in [1.54, 1.807) is 12.3 Å². The number of aromatic nitrogens is 1. The number of nitrogens with zero attached hydrogens (tertiary/aromatic N) is 1. The third-order valence-corrected chi connectivity index (χ3v) is 4.69. The fourth-order valence-corrected chi connectivity index (χ4v) is 3.32. The van der Waals surface area contributed by atoms with Gasteiger partial charge in [-0.3, -0.25) is 10.4 Å². The van der Waals surface area contributed by atoms with Gasteiger partial charge in [-0.25, -0.2) is 0 Å². The van der Waals surface area contributed by atoms with Crippen molar-refractivity contribution < 1.29 is 14.2 Å². The van der Waals surface area contributed by atoms with Crippen LogP contribution in [0.3, 0.4) is 0 Å². The van der Waals surface area contributed by atoms with Crippen molar-refractivity contribution in [1.29, 1.82) is 5.41 Å². The maximum absolute atomic E-state index is 8.12. The number of ether oxygens (including phenoxy) is 3. The SMILES string of the molecule is N=C(/C=C1\NCCc2cc(-c3cccnc3)ccc21)OCC1COCCO1. The van der Waals surface area contributed by atoms with Crippen molar-refractivity contribution in [3.63, 3.8) is 0 Å². The number of hydrogen-bond donors (Lipinski definition) is 2. The minimum atomic E-state index is -0.105. The van der Waals surface area contributed by atoms with Crippen molar-refractivity contribution in [2.24, 2.45) is 0 Å². The molecule has 1 aromatic heterocycles. The van der Waals surface area contributed by atoms with E-state index in [-0.39, 0.29) is 12.0 Å². The van der Waals surface area contributed by atoms with Crippen molar-refractivity contribution >= 4 is 11.6 Å². The van der Waals surface area contributed by atoms with Gasteiger partial charge in [0.15, 0.2) is 0 Å². The molecule has 0 saturated carbocycles. The van der Waals surface area contributed by atoms with Crippen molar-refractivity contribution in [3.8, 4) is 11.1 Å². The van der Waals surface area contributed by atoms with Gasteiger partial charge in [0.1, 0.15) is 12.7 Å². The summed E-state index contributed by atoms with van der Waals surface area (Å²) >= 11 is 0. The van der Waals surface area contributed by atoms with Crippen LogP contribution in [0, 0.1) is 5.41 Å². The van der Waals surface area contributed by atoms with E-state index in [0.29, 0.717) is 26.4 Å². The summed E-state index contributed by atoms with van der Waals surface area (Å²) in [6.45, 7) is 2.88. The summed E-state index contributed by atoms with van der Waals surface area (Å²) in [6.07, 6.45) is 6.24. The lowest BCUT2D eigenvalue weighted by Crippen LogP contribution is -2.33. The zero-order valence-electron chi connectivity index (χ0n) is 15.1. The number of hydrogen-bond acceptors (Lipinski definition) is 6. The zero-order valence-corrected chi connectivity index (χ0v) is 15.1. The van der Waals surface area contributed by atoms with Crippen LogP contribution in [0.15, 0.2) is 48.8 Å². The van der Waals surface area contributed by atoms with E-state index < -0.39 is 0 Å². The molecule has 0 aliphatic carbocycles. The minimum absolute atomic E-state index is 0.105. The highest BCUT2D eigenvalue weighted by molar-refractivity contribution is 5.93. The van der Waals surface area contributed by atoms with E-state index in [0.717, 1.165) is 35.4 Å². The number of pyridine rings is 1. The van der Waals surface area contributed by atoms with Gasteiger partial charge in [-0.15, -0.1) is 0 Å². The second-order valence-corrected chi connectivity index (χ2v) is 6.59. The van der Waals surface area contributed by atoms with E-state index in [1.807, 2.05) is 12.3 Å². The molecule has 4 rings (SSSR count). The molecule has 0 bridgehead atoms. The van der Waals surface area contributed by atoms with Crippen LogP contribution in [0.4, 0.5) is 0 Å². The van der Waals surface area contributed by atoms with Crippen LogP contribution in [-0.4, -0.2) is 50.0 Å². The average molecular weight is 365 g/mol. The molecule has 2 aliphatic rings. The van der Waals surface area contributed by atoms with Gasteiger partial charge in [0.25, 0.3) is 0 Å². The maximum Gasteiger partial charge on any atom is 0.207 e. The van der Waals surface area contributed by atoms with E-state index in [1.165, 1.54) is 5.56 Å². The number of fused-ring (bicyclic) bond motifs is 1. The molecule has 6 nitrogen and oxygen atoms in total. The van der Waals surface area contributed by atoms with E-state index in [9.17, 15) is 0 Å². The van der Waals surface area contributed by atoms with Gasteiger partial charge in [0, 0.05) is 36.3 Å². The van der Waals surface area contributed by atoms with Crippen LogP contribution in [0.2, 0.25) is 0 Å². The average Bonchev–Trinajstić information content (AvgIpc) is 2.73. The van der Waals surface area contributed by atoms with Gasteiger partial charge in [-0.1, -0.05) is 24.3 Å². The topological polar surface area (TPSA) is 76.5 Å².